The highest BCUT2D eigenvalue weighted by Crippen LogP contribution is 2.12. The van der Waals surface area contributed by atoms with E-state index in [-0.39, 0.29) is 0 Å². The topological polar surface area (TPSA) is 51.4 Å². The van der Waals surface area contributed by atoms with Gasteiger partial charge in [0.1, 0.15) is 12.4 Å². The maximum atomic E-state index is 5.68. The molecule has 1 aromatic heterocycles. The van der Waals surface area contributed by atoms with Gasteiger partial charge < -0.3 is 10.5 Å². The number of aromatic nitrogens is 1. The monoisotopic (exact) mass is 271 g/mol. The molecule has 0 saturated heterocycles. The van der Waals surface area contributed by atoms with Gasteiger partial charge in [-0.3, -0.25) is 9.88 Å². The summed E-state index contributed by atoms with van der Waals surface area (Å²) in [6, 6.07) is 13.6. The lowest BCUT2D eigenvalue weighted by atomic mass is 10.3. The second-order valence-corrected chi connectivity index (χ2v) is 4.93. The summed E-state index contributed by atoms with van der Waals surface area (Å²) in [7, 11) is 2.07. The van der Waals surface area contributed by atoms with Crippen LogP contribution in [0.15, 0.2) is 42.5 Å². The summed E-state index contributed by atoms with van der Waals surface area (Å²) >= 11 is 0. The van der Waals surface area contributed by atoms with Crippen molar-refractivity contribution in [2.45, 2.75) is 13.5 Å². The Labute approximate surface area is 120 Å². The highest BCUT2D eigenvalue weighted by Gasteiger charge is 2.02. The molecule has 0 aliphatic rings. The number of likely N-dealkylation sites (N-methyl/N-ethyl adjacent to an activating group) is 1. The largest absolute Gasteiger partial charge is 0.492 e. The first-order chi connectivity index (χ1) is 9.63. The summed E-state index contributed by atoms with van der Waals surface area (Å²) in [4.78, 5) is 6.69. The van der Waals surface area contributed by atoms with Gasteiger partial charge in [-0.2, -0.15) is 0 Å². The van der Waals surface area contributed by atoms with Crippen LogP contribution in [0.2, 0.25) is 0 Å². The van der Waals surface area contributed by atoms with E-state index in [0.29, 0.717) is 6.61 Å². The molecule has 0 bridgehead atoms. The Kier molecular flexibility index (Phi) is 4.96. The van der Waals surface area contributed by atoms with Gasteiger partial charge in [-0.05, 0) is 50.4 Å². The van der Waals surface area contributed by atoms with Crippen molar-refractivity contribution in [3.8, 4) is 5.75 Å². The van der Waals surface area contributed by atoms with Gasteiger partial charge in [-0.1, -0.05) is 6.07 Å². The van der Waals surface area contributed by atoms with Gasteiger partial charge >= 0.3 is 0 Å². The number of aryl methyl sites for hydroxylation is 1. The molecule has 0 amide bonds. The van der Waals surface area contributed by atoms with Gasteiger partial charge in [0.15, 0.2) is 0 Å². The van der Waals surface area contributed by atoms with Crippen LogP contribution < -0.4 is 10.5 Å². The van der Waals surface area contributed by atoms with Gasteiger partial charge in [0.25, 0.3) is 0 Å². The molecule has 2 N–H and O–H groups in total. The molecule has 0 aliphatic carbocycles. The Hall–Kier alpha value is -2.07. The Morgan fingerprint density at radius 3 is 2.60 bits per heavy atom. The van der Waals surface area contributed by atoms with Crippen LogP contribution in [0.5, 0.6) is 5.75 Å². The predicted molar refractivity (Wildman–Crippen MR) is 81.7 cm³/mol. The van der Waals surface area contributed by atoms with Crippen LogP contribution >= 0.6 is 0 Å². The predicted octanol–water partition coefficient (Wildman–Crippen LogP) is 2.48. The van der Waals surface area contributed by atoms with Crippen LogP contribution in [-0.4, -0.2) is 30.1 Å². The summed E-state index contributed by atoms with van der Waals surface area (Å²) < 4.78 is 5.68. The van der Waals surface area contributed by atoms with Crippen molar-refractivity contribution < 1.29 is 4.74 Å². The van der Waals surface area contributed by atoms with Crippen molar-refractivity contribution >= 4 is 5.69 Å². The number of benzene rings is 1. The molecule has 106 valence electrons. The molecule has 1 heterocycles. The average molecular weight is 271 g/mol. The maximum absolute atomic E-state index is 5.68. The molecular weight excluding hydrogens is 250 g/mol. The first-order valence-electron chi connectivity index (χ1n) is 6.73. The number of ether oxygens (including phenoxy) is 1. The average Bonchev–Trinajstić information content (AvgIpc) is 2.41. The van der Waals surface area contributed by atoms with E-state index in [1.807, 2.05) is 49.4 Å². The zero-order valence-electron chi connectivity index (χ0n) is 12.0. The van der Waals surface area contributed by atoms with Crippen LogP contribution in [-0.2, 0) is 6.54 Å². The molecule has 20 heavy (non-hydrogen) atoms. The minimum Gasteiger partial charge on any atom is -0.492 e. The molecule has 0 saturated carbocycles. The first-order valence-corrected chi connectivity index (χ1v) is 6.73. The van der Waals surface area contributed by atoms with Gasteiger partial charge in [0.05, 0.1) is 5.69 Å². The van der Waals surface area contributed by atoms with E-state index in [1.54, 1.807) is 0 Å². The van der Waals surface area contributed by atoms with Crippen LogP contribution in [0, 0.1) is 6.92 Å². The molecule has 1 aromatic carbocycles. The standard InChI is InChI=1S/C16H21N3O/c1-13-4-3-5-15(18-13)12-19(2)10-11-20-16-8-6-14(17)7-9-16/h3-9H,10-12,17H2,1-2H3. The molecule has 0 fully saturated rings. The summed E-state index contributed by atoms with van der Waals surface area (Å²) in [5, 5.41) is 0. The summed E-state index contributed by atoms with van der Waals surface area (Å²) in [6.45, 7) is 4.33. The summed E-state index contributed by atoms with van der Waals surface area (Å²) in [5.74, 6) is 0.848. The fourth-order valence-electron chi connectivity index (χ4n) is 1.93. The molecule has 4 heteroatoms. The second kappa shape index (κ2) is 6.91. The van der Waals surface area contributed by atoms with E-state index in [1.165, 1.54) is 0 Å². The highest BCUT2D eigenvalue weighted by atomic mass is 16.5. The normalized spacial score (nSPS) is 10.8. The lowest BCUT2D eigenvalue weighted by molar-refractivity contribution is 0.231. The third-order valence-electron chi connectivity index (χ3n) is 3.00. The highest BCUT2D eigenvalue weighted by molar-refractivity contribution is 5.41. The number of nitrogens with two attached hydrogens (primary N) is 1. The second-order valence-electron chi connectivity index (χ2n) is 4.93. The van der Waals surface area contributed by atoms with E-state index >= 15 is 0 Å². The molecule has 0 spiro atoms. The van der Waals surface area contributed by atoms with E-state index in [0.717, 1.165) is 35.9 Å². The van der Waals surface area contributed by atoms with E-state index in [4.69, 9.17) is 10.5 Å². The molecule has 0 atom stereocenters. The van der Waals surface area contributed by atoms with Crippen LogP contribution in [0.1, 0.15) is 11.4 Å². The van der Waals surface area contributed by atoms with E-state index in [2.05, 4.69) is 16.9 Å². The van der Waals surface area contributed by atoms with Crippen molar-refractivity contribution in [3.05, 3.63) is 53.9 Å². The van der Waals surface area contributed by atoms with Crippen molar-refractivity contribution in [2.24, 2.45) is 0 Å². The van der Waals surface area contributed by atoms with Crippen molar-refractivity contribution in [1.29, 1.82) is 0 Å². The molecule has 0 aliphatic heterocycles. The van der Waals surface area contributed by atoms with Gasteiger partial charge in [-0.25, -0.2) is 0 Å². The van der Waals surface area contributed by atoms with Gasteiger partial charge in [-0.15, -0.1) is 0 Å². The maximum Gasteiger partial charge on any atom is 0.119 e. The Bertz CT molecular complexity index is 540. The molecule has 0 radical (unpaired) electrons. The lowest BCUT2D eigenvalue weighted by Gasteiger charge is -2.16. The Morgan fingerprint density at radius 2 is 1.90 bits per heavy atom. The fourth-order valence-corrected chi connectivity index (χ4v) is 1.93. The van der Waals surface area contributed by atoms with Crippen LogP contribution in [0.3, 0.4) is 0 Å². The fraction of sp³-hybridized carbons (Fsp3) is 0.312. The van der Waals surface area contributed by atoms with Gasteiger partial charge in [0.2, 0.25) is 0 Å². The lowest BCUT2D eigenvalue weighted by Crippen LogP contribution is -2.24. The minimum atomic E-state index is 0.645. The SMILES string of the molecule is Cc1cccc(CN(C)CCOc2ccc(N)cc2)n1. The van der Waals surface area contributed by atoms with Crippen molar-refractivity contribution in [3.63, 3.8) is 0 Å². The minimum absolute atomic E-state index is 0.645. The number of nitrogen functional groups attached to an aromatic ring is 1. The van der Waals surface area contributed by atoms with Crippen molar-refractivity contribution in [2.75, 3.05) is 25.9 Å². The van der Waals surface area contributed by atoms with Crippen LogP contribution in [0.25, 0.3) is 0 Å². The first kappa shape index (κ1) is 14.3. The number of rotatable bonds is 6. The van der Waals surface area contributed by atoms with E-state index in [9.17, 15) is 0 Å². The number of nitrogens with zero attached hydrogens (tertiary/aromatic N) is 2. The van der Waals surface area contributed by atoms with Crippen molar-refractivity contribution in [1.82, 2.24) is 9.88 Å². The Balaban J connectivity index is 1.75. The number of hydrogen-bond acceptors (Lipinski definition) is 4. The zero-order chi connectivity index (χ0) is 14.4. The molecule has 2 aromatic rings. The molecule has 0 unspecified atom stereocenters. The third-order valence-corrected chi connectivity index (χ3v) is 3.00. The number of anilines is 1. The third kappa shape index (κ3) is 4.55. The summed E-state index contributed by atoms with van der Waals surface area (Å²) in [6.07, 6.45) is 0. The number of pyridine rings is 1. The Morgan fingerprint density at radius 1 is 1.15 bits per heavy atom. The summed E-state index contributed by atoms with van der Waals surface area (Å²) in [5.41, 5.74) is 8.51. The zero-order valence-corrected chi connectivity index (χ0v) is 12.0. The van der Waals surface area contributed by atoms with Crippen LogP contribution in [0.4, 0.5) is 5.69 Å². The van der Waals surface area contributed by atoms with Gasteiger partial charge in [0, 0.05) is 24.5 Å². The molecule has 2 rings (SSSR count). The quantitative estimate of drug-likeness (QED) is 0.820. The molecular formula is C16H21N3O. The molecule has 4 nitrogen and oxygen atoms in total. The van der Waals surface area contributed by atoms with E-state index < -0.39 is 0 Å². The number of hydrogen-bond donors (Lipinski definition) is 1. The smallest absolute Gasteiger partial charge is 0.119 e.